The van der Waals surface area contributed by atoms with Crippen LogP contribution in [0.2, 0.25) is 0 Å². The van der Waals surface area contributed by atoms with E-state index in [9.17, 15) is 4.79 Å². The molecule has 0 aromatic carbocycles. The number of nitrogens with zero attached hydrogens (tertiary/aromatic N) is 2. The average molecular weight is 218 g/mol. The van der Waals surface area contributed by atoms with Crippen molar-refractivity contribution >= 4 is 5.78 Å². The number of hydrogen-bond acceptors (Lipinski definition) is 2. The molecule has 0 radical (unpaired) electrons. The highest BCUT2D eigenvalue weighted by Gasteiger charge is 2.43. The molecule has 0 N–H and O–H groups in total. The van der Waals surface area contributed by atoms with E-state index in [0.29, 0.717) is 5.78 Å². The lowest BCUT2D eigenvalue weighted by Crippen LogP contribution is -2.26. The van der Waals surface area contributed by atoms with Crippen molar-refractivity contribution in [1.29, 1.82) is 0 Å². The second-order valence-electron chi connectivity index (χ2n) is 5.78. The molecule has 0 bridgehead atoms. The van der Waals surface area contributed by atoms with Gasteiger partial charge in [0.25, 0.3) is 0 Å². The second kappa shape index (κ2) is 2.96. The van der Waals surface area contributed by atoms with E-state index in [2.05, 4.69) is 29.8 Å². The molecular formula is C13H18N2O. The first kappa shape index (κ1) is 10.1. The number of Topliss-reactive ketones (excluding diaryl/α,β-unsaturated/α-hetero) is 1. The minimum atomic E-state index is -0.260. The highest BCUT2D eigenvalue weighted by Crippen LogP contribution is 2.44. The second-order valence-corrected chi connectivity index (χ2v) is 5.78. The summed E-state index contributed by atoms with van der Waals surface area (Å²) in [5, 5.41) is 4.44. The van der Waals surface area contributed by atoms with Crippen LogP contribution in [0.1, 0.15) is 51.5 Å². The molecule has 0 saturated heterocycles. The lowest BCUT2D eigenvalue weighted by atomic mass is 9.82. The largest absolute Gasteiger partial charge is 0.299 e. The van der Waals surface area contributed by atoms with Gasteiger partial charge in [-0.1, -0.05) is 0 Å². The maximum Gasteiger partial charge on any atom is 0.143 e. The summed E-state index contributed by atoms with van der Waals surface area (Å²) in [6, 6.07) is 0. The fourth-order valence-corrected chi connectivity index (χ4v) is 2.64. The van der Waals surface area contributed by atoms with Crippen LogP contribution in [-0.4, -0.2) is 15.6 Å². The molecule has 1 atom stereocenters. The summed E-state index contributed by atoms with van der Waals surface area (Å²) >= 11 is 0. The van der Waals surface area contributed by atoms with Crippen LogP contribution in [0.25, 0.3) is 0 Å². The van der Waals surface area contributed by atoms with Gasteiger partial charge in [-0.15, -0.1) is 0 Å². The van der Waals surface area contributed by atoms with Crippen molar-refractivity contribution in [3.8, 4) is 0 Å². The van der Waals surface area contributed by atoms with Gasteiger partial charge in [-0.3, -0.25) is 9.48 Å². The third-order valence-corrected chi connectivity index (χ3v) is 4.44. The monoisotopic (exact) mass is 218 g/mol. The first-order valence-corrected chi connectivity index (χ1v) is 6.14. The van der Waals surface area contributed by atoms with Gasteiger partial charge in [0.2, 0.25) is 0 Å². The molecule has 0 aliphatic heterocycles. The highest BCUT2D eigenvalue weighted by atomic mass is 16.1. The van der Waals surface area contributed by atoms with Crippen LogP contribution in [0, 0.1) is 0 Å². The van der Waals surface area contributed by atoms with Crippen LogP contribution in [-0.2, 0) is 15.7 Å². The summed E-state index contributed by atoms with van der Waals surface area (Å²) in [5.74, 6) is 0.382. The molecule has 2 fully saturated rings. The Hall–Kier alpha value is -1.12. The van der Waals surface area contributed by atoms with Gasteiger partial charge in [-0.2, -0.15) is 5.10 Å². The minimum Gasteiger partial charge on any atom is -0.299 e. The molecule has 0 spiro atoms. The van der Waals surface area contributed by atoms with E-state index in [-0.39, 0.29) is 11.0 Å². The molecule has 0 amide bonds. The number of ketones is 1. The zero-order valence-corrected chi connectivity index (χ0v) is 9.99. The van der Waals surface area contributed by atoms with Crippen LogP contribution in [0.15, 0.2) is 12.4 Å². The zero-order chi connectivity index (χ0) is 11.4. The fourth-order valence-electron chi connectivity index (χ4n) is 2.64. The molecule has 1 heterocycles. The summed E-state index contributed by atoms with van der Waals surface area (Å²) in [7, 11) is 0. The summed E-state index contributed by atoms with van der Waals surface area (Å²) < 4.78 is 2.05. The first-order chi connectivity index (χ1) is 7.55. The van der Waals surface area contributed by atoms with Crippen molar-refractivity contribution in [2.24, 2.45) is 0 Å². The van der Waals surface area contributed by atoms with Crippen LogP contribution in [0.5, 0.6) is 0 Å². The van der Waals surface area contributed by atoms with Crippen molar-refractivity contribution in [3.63, 3.8) is 0 Å². The van der Waals surface area contributed by atoms with Crippen molar-refractivity contribution in [1.82, 2.24) is 9.78 Å². The Bertz CT molecular complexity index is 445. The molecule has 1 aromatic heterocycles. The summed E-state index contributed by atoms with van der Waals surface area (Å²) in [5.41, 5.74) is 1.09. The number of carbonyl (C=O) groups excluding carboxylic acids is 1. The standard InChI is InChI=1S/C13H18N2O/c1-12(6-7-12)15-9-10(8-14-15)13(2)5-3-4-11(13)16/h8-9H,3-7H2,1-2H3. The SMILES string of the molecule is CC1(c2cnn(C3(C)CC3)c2)CCCC1=O. The van der Waals surface area contributed by atoms with E-state index in [1.54, 1.807) is 0 Å². The average Bonchev–Trinajstić information content (AvgIpc) is 2.71. The van der Waals surface area contributed by atoms with Crippen molar-refractivity contribution in [3.05, 3.63) is 18.0 Å². The van der Waals surface area contributed by atoms with Crippen LogP contribution in [0.4, 0.5) is 0 Å². The molecule has 2 aliphatic carbocycles. The lowest BCUT2D eigenvalue weighted by molar-refractivity contribution is -0.121. The fraction of sp³-hybridized carbons (Fsp3) is 0.692. The number of aromatic nitrogens is 2. The Labute approximate surface area is 95.8 Å². The normalized spacial score (nSPS) is 32.0. The van der Waals surface area contributed by atoms with E-state index in [1.807, 2.05) is 6.20 Å². The van der Waals surface area contributed by atoms with Crippen molar-refractivity contribution in [2.75, 3.05) is 0 Å². The number of rotatable bonds is 2. The Morgan fingerprint density at radius 3 is 2.62 bits per heavy atom. The van der Waals surface area contributed by atoms with Gasteiger partial charge in [0.05, 0.1) is 17.2 Å². The van der Waals surface area contributed by atoms with Gasteiger partial charge in [0.15, 0.2) is 0 Å². The smallest absolute Gasteiger partial charge is 0.143 e. The van der Waals surface area contributed by atoms with E-state index in [0.717, 1.165) is 24.8 Å². The van der Waals surface area contributed by atoms with Gasteiger partial charge >= 0.3 is 0 Å². The summed E-state index contributed by atoms with van der Waals surface area (Å²) in [4.78, 5) is 11.9. The zero-order valence-electron chi connectivity index (χ0n) is 9.99. The number of carbonyl (C=O) groups is 1. The van der Waals surface area contributed by atoms with Gasteiger partial charge in [-0.25, -0.2) is 0 Å². The van der Waals surface area contributed by atoms with Crippen LogP contribution < -0.4 is 0 Å². The molecule has 1 unspecified atom stereocenters. The first-order valence-electron chi connectivity index (χ1n) is 6.14. The molecule has 2 aliphatic rings. The van der Waals surface area contributed by atoms with Gasteiger partial charge in [0, 0.05) is 18.2 Å². The maximum atomic E-state index is 11.9. The predicted octanol–water partition coefficient (Wildman–Crippen LogP) is 2.40. The molecule has 2 saturated carbocycles. The predicted molar refractivity (Wildman–Crippen MR) is 61.3 cm³/mol. The minimum absolute atomic E-state index is 0.232. The topological polar surface area (TPSA) is 34.9 Å². The Kier molecular flexibility index (Phi) is 1.86. The quantitative estimate of drug-likeness (QED) is 0.764. The Balaban J connectivity index is 1.95. The van der Waals surface area contributed by atoms with Crippen LogP contribution in [0.3, 0.4) is 0 Å². The molecule has 3 nitrogen and oxygen atoms in total. The third-order valence-electron chi connectivity index (χ3n) is 4.44. The lowest BCUT2D eigenvalue weighted by Gasteiger charge is -2.19. The molecule has 86 valence electrons. The van der Waals surface area contributed by atoms with Crippen molar-refractivity contribution in [2.45, 2.75) is 56.9 Å². The van der Waals surface area contributed by atoms with E-state index >= 15 is 0 Å². The molecule has 3 rings (SSSR count). The Morgan fingerprint density at radius 2 is 2.06 bits per heavy atom. The van der Waals surface area contributed by atoms with E-state index in [1.165, 1.54) is 12.8 Å². The van der Waals surface area contributed by atoms with Crippen molar-refractivity contribution < 1.29 is 4.79 Å². The van der Waals surface area contributed by atoms with E-state index < -0.39 is 0 Å². The van der Waals surface area contributed by atoms with Gasteiger partial charge in [0.1, 0.15) is 5.78 Å². The molecular weight excluding hydrogens is 200 g/mol. The van der Waals surface area contributed by atoms with Gasteiger partial charge in [-0.05, 0) is 39.5 Å². The molecule has 1 aromatic rings. The third kappa shape index (κ3) is 1.27. The highest BCUT2D eigenvalue weighted by molar-refractivity contribution is 5.91. The molecule has 16 heavy (non-hydrogen) atoms. The number of hydrogen-bond donors (Lipinski definition) is 0. The maximum absolute atomic E-state index is 11.9. The summed E-state index contributed by atoms with van der Waals surface area (Å²) in [6.45, 7) is 4.29. The van der Waals surface area contributed by atoms with E-state index in [4.69, 9.17) is 0 Å². The molecule has 3 heteroatoms. The Morgan fingerprint density at radius 1 is 1.31 bits per heavy atom. The summed E-state index contributed by atoms with van der Waals surface area (Å²) in [6.07, 6.45) is 9.14. The van der Waals surface area contributed by atoms with Gasteiger partial charge < -0.3 is 0 Å². The van der Waals surface area contributed by atoms with Crippen LogP contribution >= 0.6 is 0 Å².